The van der Waals surface area contributed by atoms with Crippen molar-refractivity contribution < 1.29 is 19.5 Å². The zero-order chi connectivity index (χ0) is 19.3. The van der Waals surface area contributed by atoms with Gasteiger partial charge in [-0.05, 0) is 17.5 Å². The average Bonchev–Trinajstić information content (AvgIpc) is 3.03. The number of carbonyl (C=O) groups is 3. The Kier molecular flexibility index (Phi) is 4.01. The first kappa shape index (κ1) is 17.3. The Bertz CT molecular complexity index is 854. The van der Waals surface area contributed by atoms with E-state index in [9.17, 15) is 19.5 Å². The lowest BCUT2D eigenvalue weighted by atomic mass is 10.0. The van der Waals surface area contributed by atoms with Crippen LogP contribution in [-0.4, -0.2) is 88.0 Å². The summed E-state index contributed by atoms with van der Waals surface area (Å²) < 4.78 is 0. The van der Waals surface area contributed by atoms with Crippen LogP contribution in [0.25, 0.3) is 0 Å². The molecule has 1 fully saturated rings. The van der Waals surface area contributed by atoms with E-state index >= 15 is 0 Å². The Hall–Kier alpha value is -3.10. The number of benzene rings is 1. The van der Waals surface area contributed by atoms with Crippen molar-refractivity contribution in [3.63, 3.8) is 0 Å². The van der Waals surface area contributed by atoms with Crippen molar-refractivity contribution in [2.75, 3.05) is 27.2 Å². The SMILES string of the molecule is CN1C(=O)C2C(N=C(N3CCc4ccccc4C3)N2CC(=O)O)N(C)C1=O. The van der Waals surface area contributed by atoms with Crippen LogP contribution in [0, 0.1) is 0 Å². The van der Waals surface area contributed by atoms with Crippen molar-refractivity contribution in [3.8, 4) is 0 Å². The summed E-state index contributed by atoms with van der Waals surface area (Å²) in [6.45, 7) is 0.916. The summed E-state index contributed by atoms with van der Waals surface area (Å²) in [5.41, 5.74) is 2.42. The van der Waals surface area contributed by atoms with Gasteiger partial charge in [-0.3, -0.25) is 14.5 Å². The number of likely N-dealkylation sites (N-methyl/N-ethyl adjacent to an activating group) is 2. The van der Waals surface area contributed by atoms with E-state index in [1.807, 2.05) is 23.1 Å². The van der Waals surface area contributed by atoms with Gasteiger partial charge >= 0.3 is 12.0 Å². The lowest BCUT2D eigenvalue weighted by Crippen LogP contribution is -2.65. The highest BCUT2D eigenvalue weighted by molar-refractivity contribution is 6.04. The molecule has 3 aliphatic rings. The van der Waals surface area contributed by atoms with E-state index < -0.39 is 30.1 Å². The number of hydrogen-bond acceptors (Lipinski definition) is 6. The number of amides is 3. The minimum Gasteiger partial charge on any atom is -0.480 e. The quantitative estimate of drug-likeness (QED) is 0.787. The van der Waals surface area contributed by atoms with Gasteiger partial charge in [-0.25, -0.2) is 9.79 Å². The molecule has 1 N–H and O–H groups in total. The number of nitrogens with zero attached hydrogens (tertiary/aromatic N) is 5. The van der Waals surface area contributed by atoms with Crippen LogP contribution in [0.15, 0.2) is 29.3 Å². The second kappa shape index (κ2) is 6.26. The lowest BCUT2D eigenvalue weighted by Gasteiger charge is -2.40. The summed E-state index contributed by atoms with van der Waals surface area (Å²) in [5.74, 6) is -1.01. The molecule has 1 saturated heterocycles. The molecule has 1 aromatic rings. The third-order valence-corrected chi connectivity index (χ3v) is 5.41. The zero-order valence-corrected chi connectivity index (χ0v) is 15.2. The zero-order valence-electron chi connectivity index (χ0n) is 15.2. The van der Waals surface area contributed by atoms with Crippen molar-refractivity contribution in [2.24, 2.45) is 4.99 Å². The largest absolute Gasteiger partial charge is 0.480 e. The van der Waals surface area contributed by atoms with E-state index in [-0.39, 0.29) is 6.54 Å². The molecular formula is C18H21N5O4. The molecule has 3 aliphatic heterocycles. The fraction of sp³-hybridized carbons (Fsp3) is 0.444. The topological polar surface area (TPSA) is 96.8 Å². The van der Waals surface area contributed by atoms with E-state index in [0.717, 1.165) is 16.9 Å². The Morgan fingerprint density at radius 3 is 2.63 bits per heavy atom. The van der Waals surface area contributed by atoms with Crippen molar-refractivity contribution in [1.29, 1.82) is 0 Å². The number of carboxylic acids is 1. The number of guanidine groups is 1. The van der Waals surface area contributed by atoms with Gasteiger partial charge in [0.25, 0.3) is 5.91 Å². The summed E-state index contributed by atoms with van der Waals surface area (Å²) in [7, 11) is 2.99. The highest BCUT2D eigenvalue weighted by Gasteiger charge is 2.52. The minimum atomic E-state index is -1.05. The highest BCUT2D eigenvalue weighted by atomic mass is 16.4. The molecule has 0 bridgehead atoms. The lowest BCUT2D eigenvalue weighted by molar-refractivity contribution is -0.141. The average molecular weight is 371 g/mol. The van der Waals surface area contributed by atoms with Gasteiger partial charge < -0.3 is 19.8 Å². The first-order chi connectivity index (χ1) is 12.9. The smallest absolute Gasteiger partial charge is 0.328 e. The Labute approximate surface area is 156 Å². The van der Waals surface area contributed by atoms with Gasteiger partial charge in [0.15, 0.2) is 18.2 Å². The van der Waals surface area contributed by atoms with Gasteiger partial charge in [0, 0.05) is 27.2 Å². The molecule has 3 amide bonds. The number of rotatable bonds is 2. The molecule has 0 spiro atoms. The van der Waals surface area contributed by atoms with Crippen LogP contribution >= 0.6 is 0 Å². The van der Waals surface area contributed by atoms with Crippen molar-refractivity contribution >= 4 is 23.9 Å². The summed E-state index contributed by atoms with van der Waals surface area (Å²) in [6.07, 6.45) is 0.0985. The van der Waals surface area contributed by atoms with Crippen LogP contribution in [0.5, 0.6) is 0 Å². The molecule has 9 heteroatoms. The maximum Gasteiger partial charge on any atom is 0.328 e. The van der Waals surface area contributed by atoms with Gasteiger partial charge in [0.2, 0.25) is 0 Å². The maximum atomic E-state index is 12.7. The van der Waals surface area contributed by atoms with Gasteiger partial charge in [-0.2, -0.15) is 0 Å². The predicted molar refractivity (Wildman–Crippen MR) is 95.8 cm³/mol. The second-order valence-electron chi connectivity index (χ2n) is 7.04. The maximum absolute atomic E-state index is 12.7. The number of fused-ring (bicyclic) bond motifs is 2. The van der Waals surface area contributed by atoms with E-state index in [4.69, 9.17) is 0 Å². The second-order valence-corrected chi connectivity index (χ2v) is 7.04. The van der Waals surface area contributed by atoms with Crippen molar-refractivity contribution in [1.82, 2.24) is 19.6 Å². The van der Waals surface area contributed by atoms with Gasteiger partial charge in [0.1, 0.15) is 6.54 Å². The standard InChI is InChI=1S/C18H21N5O4/c1-20-15-14(16(26)21(2)18(20)27)23(10-13(24)25)17(19-15)22-8-7-11-5-3-4-6-12(11)9-22/h3-6,14-15H,7-10H2,1-2H3,(H,24,25). The third-order valence-electron chi connectivity index (χ3n) is 5.41. The number of aliphatic imine (C=N–C) groups is 1. The third kappa shape index (κ3) is 2.70. The van der Waals surface area contributed by atoms with E-state index in [0.29, 0.717) is 19.0 Å². The Balaban J connectivity index is 1.69. The molecule has 2 atom stereocenters. The summed E-state index contributed by atoms with van der Waals surface area (Å²) in [4.78, 5) is 47.0. The molecule has 4 rings (SSSR count). The molecule has 27 heavy (non-hydrogen) atoms. The minimum absolute atomic E-state index is 0.347. The molecule has 0 saturated carbocycles. The van der Waals surface area contributed by atoms with E-state index in [1.165, 1.54) is 22.4 Å². The van der Waals surface area contributed by atoms with Crippen LogP contribution in [0.3, 0.4) is 0 Å². The van der Waals surface area contributed by atoms with Crippen LogP contribution in [0.2, 0.25) is 0 Å². The van der Waals surface area contributed by atoms with E-state index in [2.05, 4.69) is 11.1 Å². The predicted octanol–water partition coefficient (Wildman–Crippen LogP) is 0.0194. The molecule has 3 heterocycles. The first-order valence-corrected chi connectivity index (χ1v) is 8.81. The molecular weight excluding hydrogens is 350 g/mol. The number of urea groups is 1. The van der Waals surface area contributed by atoms with Gasteiger partial charge in [-0.15, -0.1) is 0 Å². The molecule has 2 unspecified atom stereocenters. The van der Waals surface area contributed by atoms with Crippen LogP contribution < -0.4 is 0 Å². The van der Waals surface area contributed by atoms with Gasteiger partial charge in [-0.1, -0.05) is 24.3 Å². The first-order valence-electron chi connectivity index (χ1n) is 8.81. The number of hydrogen-bond donors (Lipinski definition) is 1. The number of imide groups is 1. The van der Waals surface area contributed by atoms with Crippen LogP contribution in [-0.2, 0) is 22.6 Å². The monoisotopic (exact) mass is 371 g/mol. The summed E-state index contributed by atoms with van der Waals surface area (Å²) in [5, 5.41) is 9.39. The molecule has 9 nitrogen and oxygen atoms in total. The fourth-order valence-corrected chi connectivity index (χ4v) is 3.99. The van der Waals surface area contributed by atoms with Crippen molar-refractivity contribution in [2.45, 2.75) is 25.2 Å². The molecule has 0 aliphatic carbocycles. The van der Waals surface area contributed by atoms with Crippen LogP contribution in [0.4, 0.5) is 4.79 Å². The molecule has 0 aromatic heterocycles. The number of carbonyl (C=O) groups excluding carboxylic acids is 2. The van der Waals surface area contributed by atoms with E-state index in [1.54, 1.807) is 7.05 Å². The van der Waals surface area contributed by atoms with Gasteiger partial charge in [0.05, 0.1) is 0 Å². The normalized spacial score (nSPS) is 24.7. The Morgan fingerprint density at radius 2 is 1.93 bits per heavy atom. The Morgan fingerprint density at radius 1 is 1.22 bits per heavy atom. The fourth-order valence-electron chi connectivity index (χ4n) is 3.99. The number of carboxylic acid groups (broad SMARTS) is 1. The summed E-state index contributed by atoms with van der Waals surface area (Å²) in [6, 6.07) is 6.84. The van der Waals surface area contributed by atoms with Crippen LogP contribution in [0.1, 0.15) is 11.1 Å². The van der Waals surface area contributed by atoms with Crippen molar-refractivity contribution in [3.05, 3.63) is 35.4 Å². The number of aliphatic carboxylic acids is 1. The highest BCUT2D eigenvalue weighted by Crippen LogP contribution is 2.30. The molecule has 1 aromatic carbocycles. The molecule has 142 valence electrons. The molecule has 0 radical (unpaired) electrons. The summed E-state index contributed by atoms with van der Waals surface area (Å²) >= 11 is 0.